The van der Waals surface area contributed by atoms with Crippen LogP contribution in [0.15, 0.2) is 103 Å². The first-order valence-corrected chi connectivity index (χ1v) is 12.0. The molecule has 0 amide bonds. The summed E-state index contributed by atoms with van der Waals surface area (Å²) in [7, 11) is 0. The lowest BCUT2D eigenvalue weighted by atomic mass is 9.88. The van der Waals surface area contributed by atoms with Crippen LogP contribution in [-0.2, 0) is 0 Å². The van der Waals surface area contributed by atoms with Gasteiger partial charge in [0.15, 0.2) is 5.75 Å². The molecule has 0 bridgehead atoms. The Morgan fingerprint density at radius 1 is 0.436 bits per heavy atom. The van der Waals surface area contributed by atoms with Gasteiger partial charge in [0.25, 0.3) is 18.8 Å². The van der Waals surface area contributed by atoms with E-state index in [0.717, 1.165) is 54.6 Å². The fraction of sp³-hybridized carbons (Fsp3) is 0. The number of rotatable bonds is 5. The number of ether oxygens (including phenoxy) is 3. The van der Waals surface area contributed by atoms with Crippen molar-refractivity contribution in [2.24, 2.45) is 0 Å². The van der Waals surface area contributed by atoms with Crippen LogP contribution in [-0.4, -0.2) is 0 Å². The minimum Gasteiger partial charge on any atom is -0.388 e. The molecule has 0 aliphatic rings. The van der Waals surface area contributed by atoms with Gasteiger partial charge in [-0.15, -0.1) is 15.8 Å². The maximum absolute atomic E-state index is 9.45. The molecule has 0 N–H and O–H groups in total. The molecule has 0 spiro atoms. The maximum atomic E-state index is 9.45. The molecule has 0 unspecified atom stereocenters. The molecule has 6 nitrogen and oxygen atoms in total. The van der Waals surface area contributed by atoms with Crippen LogP contribution in [0.25, 0.3) is 54.6 Å². The summed E-state index contributed by atoms with van der Waals surface area (Å²) >= 11 is 0. The van der Waals surface area contributed by atoms with Crippen molar-refractivity contribution >= 4 is 32.3 Å². The fourth-order valence-electron chi connectivity index (χ4n) is 5.22. The average Bonchev–Trinajstić information content (AvgIpc) is 2.97. The van der Waals surface area contributed by atoms with Crippen LogP contribution in [0.1, 0.15) is 0 Å². The van der Waals surface area contributed by atoms with Crippen molar-refractivity contribution in [1.29, 1.82) is 15.8 Å². The summed E-state index contributed by atoms with van der Waals surface area (Å²) in [4.78, 5) is 0. The third-order valence-electron chi connectivity index (χ3n) is 6.79. The molecule has 6 heteroatoms. The predicted molar refractivity (Wildman–Crippen MR) is 149 cm³/mol. The Labute approximate surface area is 223 Å². The standard InChI is InChI=1S/C33H17N3O3/c34-18-37-22-11-12-23-21(17-22)5-3-8-24(23)26-13-14-30(33-29(26)9-4-10-32(33)39-20-36)27-15-16-31(38-19-35)28-7-2-1-6-25(27)28/h1-17H. The van der Waals surface area contributed by atoms with E-state index in [-0.39, 0.29) is 0 Å². The highest BCUT2D eigenvalue weighted by Crippen LogP contribution is 2.45. The van der Waals surface area contributed by atoms with Crippen molar-refractivity contribution in [3.05, 3.63) is 103 Å². The molecule has 0 aliphatic carbocycles. The van der Waals surface area contributed by atoms with Crippen LogP contribution in [0.3, 0.4) is 0 Å². The van der Waals surface area contributed by atoms with Crippen LogP contribution in [0, 0.1) is 34.6 Å². The van der Waals surface area contributed by atoms with Crippen molar-refractivity contribution < 1.29 is 14.2 Å². The molecule has 182 valence electrons. The summed E-state index contributed by atoms with van der Waals surface area (Å²) in [6.07, 6.45) is 5.31. The van der Waals surface area contributed by atoms with E-state index in [9.17, 15) is 5.26 Å². The second-order valence-electron chi connectivity index (χ2n) is 8.76. The number of benzene rings is 6. The van der Waals surface area contributed by atoms with E-state index < -0.39 is 0 Å². The van der Waals surface area contributed by atoms with Gasteiger partial charge in [0.2, 0.25) is 0 Å². The van der Waals surface area contributed by atoms with Gasteiger partial charge in [-0.3, -0.25) is 0 Å². The zero-order valence-electron chi connectivity index (χ0n) is 20.4. The number of nitriles is 3. The second kappa shape index (κ2) is 9.79. The summed E-state index contributed by atoms with van der Waals surface area (Å²) < 4.78 is 15.7. The first kappa shape index (κ1) is 23.4. The lowest BCUT2D eigenvalue weighted by Crippen LogP contribution is -1.93. The summed E-state index contributed by atoms with van der Waals surface area (Å²) in [5.41, 5.74) is 3.75. The highest BCUT2D eigenvalue weighted by atomic mass is 16.5. The normalized spacial score (nSPS) is 10.5. The highest BCUT2D eigenvalue weighted by molar-refractivity contribution is 6.14. The number of hydrogen-bond acceptors (Lipinski definition) is 6. The van der Waals surface area contributed by atoms with Gasteiger partial charge < -0.3 is 14.2 Å². The number of nitrogens with zero attached hydrogens (tertiary/aromatic N) is 3. The number of fused-ring (bicyclic) bond motifs is 3. The molecule has 0 aromatic heterocycles. The summed E-state index contributed by atoms with van der Waals surface area (Å²) in [6, 6.07) is 32.7. The third kappa shape index (κ3) is 3.98. The van der Waals surface area contributed by atoms with Crippen LogP contribution < -0.4 is 14.2 Å². The molecule has 0 aliphatic heterocycles. The smallest absolute Gasteiger partial charge is 0.292 e. The molecule has 0 saturated heterocycles. The van der Waals surface area contributed by atoms with Gasteiger partial charge in [-0.25, -0.2) is 0 Å². The third-order valence-corrected chi connectivity index (χ3v) is 6.79. The molecule has 0 fully saturated rings. The van der Waals surface area contributed by atoms with Gasteiger partial charge in [-0.2, -0.15) is 0 Å². The van der Waals surface area contributed by atoms with Gasteiger partial charge in [0, 0.05) is 10.8 Å². The monoisotopic (exact) mass is 503 g/mol. The van der Waals surface area contributed by atoms with Crippen LogP contribution >= 0.6 is 0 Å². The van der Waals surface area contributed by atoms with Crippen molar-refractivity contribution in [1.82, 2.24) is 0 Å². The molecule has 6 rings (SSSR count). The molecular formula is C33H17N3O3. The van der Waals surface area contributed by atoms with Crippen molar-refractivity contribution in [3.63, 3.8) is 0 Å². The molecule has 0 atom stereocenters. The van der Waals surface area contributed by atoms with E-state index in [4.69, 9.17) is 24.7 Å². The van der Waals surface area contributed by atoms with Gasteiger partial charge in [0.1, 0.15) is 11.5 Å². The maximum Gasteiger partial charge on any atom is 0.292 e. The quantitative estimate of drug-likeness (QED) is 0.221. The Balaban J connectivity index is 1.66. The summed E-state index contributed by atoms with van der Waals surface area (Å²) in [5.74, 6) is 1.39. The predicted octanol–water partition coefficient (Wildman–Crippen LogP) is 8.06. The summed E-state index contributed by atoms with van der Waals surface area (Å²) in [5, 5.41) is 32.8. The molecule has 0 radical (unpaired) electrons. The Morgan fingerprint density at radius 3 is 1.90 bits per heavy atom. The van der Waals surface area contributed by atoms with Gasteiger partial charge in [-0.1, -0.05) is 72.8 Å². The lowest BCUT2D eigenvalue weighted by Gasteiger charge is -2.17. The van der Waals surface area contributed by atoms with E-state index in [0.29, 0.717) is 17.2 Å². The zero-order valence-corrected chi connectivity index (χ0v) is 20.4. The SMILES string of the molecule is N#COc1ccc2c(-c3ccc(-c4ccc(OC#N)c5ccccc45)c4c(OC#N)cccc34)cccc2c1. The molecule has 0 heterocycles. The minimum atomic E-state index is 0.443. The van der Waals surface area contributed by atoms with E-state index >= 15 is 0 Å². The Hall–Kier alpha value is -6.03. The average molecular weight is 504 g/mol. The Morgan fingerprint density at radius 2 is 1.08 bits per heavy atom. The van der Waals surface area contributed by atoms with E-state index in [1.807, 2.05) is 85.1 Å². The topological polar surface area (TPSA) is 99.1 Å². The van der Waals surface area contributed by atoms with E-state index in [1.165, 1.54) is 0 Å². The summed E-state index contributed by atoms with van der Waals surface area (Å²) in [6.45, 7) is 0. The van der Waals surface area contributed by atoms with Gasteiger partial charge in [-0.05, 0) is 74.1 Å². The first-order chi connectivity index (χ1) is 19.2. The molecular weight excluding hydrogens is 486 g/mol. The van der Waals surface area contributed by atoms with Crippen molar-refractivity contribution in [3.8, 4) is 58.3 Å². The van der Waals surface area contributed by atoms with Crippen LogP contribution in [0.5, 0.6) is 17.2 Å². The van der Waals surface area contributed by atoms with Crippen LogP contribution in [0.4, 0.5) is 0 Å². The number of hydrogen-bond donors (Lipinski definition) is 0. The molecule has 6 aromatic rings. The van der Waals surface area contributed by atoms with E-state index in [2.05, 4.69) is 6.07 Å². The zero-order chi connectivity index (χ0) is 26.8. The first-order valence-electron chi connectivity index (χ1n) is 12.0. The van der Waals surface area contributed by atoms with Gasteiger partial charge in [0.05, 0.1) is 0 Å². The van der Waals surface area contributed by atoms with Crippen molar-refractivity contribution in [2.75, 3.05) is 0 Å². The van der Waals surface area contributed by atoms with Crippen molar-refractivity contribution in [2.45, 2.75) is 0 Å². The largest absolute Gasteiger partial charge is 0.388 e. The van der Waals surface area contributed by atoms with Crippen LogP contribution in [0.2, 0.25) is 0 Å². The molecule has 39 heavy (non-hydrogen) atoms. The molecule has 0 saturated carbocycles. The second-order valence-corrected chi connectivity index (χ2v) is 8.76. The fourth-order valence-corrected chi connectivity index (χ4v) is 5.22. The van der Waals surface area contributed by atoms with Gasteiger partial charge >= 0.3 is 0 Å². The van der Waals surface area contributed by atoms with E-state index in [1.54, 1.807) is 30.7 Å². The Kier molecular flexibility index (Phi) is 5.87. The lowest BCUT2D eigenvalue weighted by molar-refractivity contribution is 0.508. The minimum absolute atomic E-state index is 0.443. The Bertz CT molecular complexity index is 2050. The highest BCUT2D eigenvalue weighted by Gasteiger charge is 2.18. The molecule has 6 aromatic carbocycles.